The van der Waals surface area contributed by atoms with Gasteiger partial charge in [-0.3, -0.25) is 9.69 Å². The minimum absolute atomic E-state index is 0. The third-order valence-electron chi connectivity index (χ3n) is 5.07. The average molecular weight is 461 g/mol. The first-order valence-electron chi connectivity index (χ1n) is 9.22. The zero-order chi connectivity index (χ0) is 17.8. The van der Waals surface area contributed by atoms with Gasteiger partial charge in [-0.25, -0.2) is 4.98 Å². The molecule has 1 fully saturated rings. The maximum atomic E-state index is 13.1. The van der Waals surface area contributed by atoms with E-state index in [1.165, 1.54) is 12.8 Å². The number of fused-ring (bicyclic) bond motifs is 1. The van der Waals surface area contributed by atoms with Crippen LogP contribution in [-0.2, 0) is 4.79 Å². The van der Waals surface area contributed by atoms with Gasteiger partial charge in [-0.15, -0.1) is 12.4 Å². The monoisotopic (exact) mass is 459 g/mol. The van der Waals surface area contributed by atoms with Gasteiger partial charge in [0.05, 0.1) is 10.2 Å². The predicted octanol–water partition coefficient (Wildman–Crippen LogP) is 5.35. The fraction of sp³-hybridized carbons (Fsp3) is 0.579. The van der Waals surface area contributed by atoms with Gasteiger partial charge in [0.25, 0.3) is 0 Å². The Morgan fingerprint density at radius 1 is 1.23 bits per heavy atom. The van der Waals surface area contributed by atoms with Crippen LogP contribution < -0.4 is 4.90 Å². The van der Waals surface area contributed by atoms with Crippen LogP contribution in [0.4, 0.5) is 5.13 Å². The number of hydrogen-bond donors (Lipinski definition) is 0. The van der Waals surface area contributed by atoms with Gasteiger partial charge in [-0.05, 0) is 44.1 Å². The highest BCUT2D eigenvalue weighted by Crippen LogP contribution is 2.34. The summed E-state index contributed by atoms with van der Waals surface area (Å²) in [7, 11) is 0. The van der Waals surface area contributed by atoms with Crippen molar-refractivity contribution in [2.24, 2.45) is 5.92 Å². The minimum Gasteiger partial charge on any atom is -0.302 e. The number of halogens is 2. The lowest BCUT2D eigenvalue weighted by Gasteiger charge is -2.26. The van der Waals surface area contributed by atoms with E-state index in [0.29, 0.717) is 0 Å². The number of rotatable bonds is 7. The molecule has 0 unspecified atom stereocenters. The molecule has 0 N–H and O–H groups in total. The van der Waals surface area contributed by atoms with Crippen molar-refractivity contribution in [3.63, 3.8) is 0 Å². The lowest BCUT2D eigenvalue weighted by Crippen LogP contribution is -2.41. The summed E-state index contributed by atoms with van der Waals surface area (Å²) in [5.41, 5.74) is 0.968. The molecule has 1 saturated carbocycles. The third-order valence-corrected chi connectivity index (χ3v) is 6.61. The molecular weight excluding hydrogens is 434 g/mol. The Bertz CT molecular complexity index is 729. The van der Waals surface area contributed by atoms with E-state index in [4.69, 9.17) is 4.98 Å². The molecule has 1 heterocycles. The molecule has 1 aliphatic rings. The molecular formula is C19H27BrClN3OS. The highest BCUT2D eigenvalue weighted by molar-refractivity contribution is 9.10. The number of likely N-dealkylation sites (N-methyl/N-ethyl adjacent to an activating group) is 1. The van der Waals surface area contributed by atoms with E-state index in [-0.39, 0.29) is 24.2 Å². The topological polar surface area (TPSA) is 36.4 Å². The summed E-state index contributed by atoms with van der Waals surface area (Å²) in [6.45, 7) is 7.97. The first kappa shape index (κ1) is 21.6. The van der Waals surface area contributed by atoms with E-state index in [1.54, 1.807) is 11.3 Å². The van der Waals surface area contributed by atoms with Gasteiger partial charge in [0, 0.05) is 23.5 Å². The number of thiazole rings is 1. The summed E-state index contributed by atoms with van der Waals surface area (Å²) >= 11 is 5.14. The summed E-state index contributed by atoms with van der Waals surface area (Å²) in [5.74, 6) is 0.443. The standard InChI is InChI=1S/C19H26BrN3OS.ClH/c1-3-22(4-2)11-12-23(18(24)14-7-5-6-8-14)19-21-16-10-9-15(20)13-17(16)25-19;/h9-10,13-14H,3-8,11-12H2,1-2H3;1H. The number of nitrogens with zero attached hydrogens (tertiary/aromatic N) is 3. The minimum atomic E-state index is 0. The van der Waals surface area contributed by atoms with E-state index in [9.17, 15) is 4.79 Å². The number of carbonyl (C=O) groups excluding carboxylic acids is 1. The Labute approximate surface area is 174 Å². The third kappa shape index (κ3) is 4.97. The lowest BCUT2D eigenvalue weighted by atomic mass is 10.1. The number of hydrogen-bond acceptors (Lipinski definition) is 4. The van der Waals surface area contributed by atoms with Crippen molar-refractivity contribution in [2.45, 2.75) is 39.5 Å². The Hall–Kier alpha value is -0.690. The quantitative estimate of drug-likeness (QED) is 0.559. The molecule has 1 aromatic heterocycles. The zero-order valence-corrected chi connectivity index (χ0v) is 18.6. The molecule has 2 aromatic rings. The van der Waals surface area contributed by atoms with E-state index >= 15 is 0 Å². The van der Waals surface area contributed by atoms with Gasteiger partial charge in [0.2, 0.25) is 5.91 Å². The van der Waals surface area contributed by atoms with Crippen molar-refractivity contribution in [1.82, 2.24) is 9.88 Å². The van der Waals surface area contributed by atoms with Crippen molar-refractivity contribution in [2.75, 3.05) is 31.1 Å². The highest BCUT2D eigenvalue weighted by Gasteiger charge is 2.29. The van der Waals surface area contributed by atoms with Gasteiger partial charge in [0.1, 0.15) is 0 Å². The van der Waals surface area contributed by atoms with E-state index < -0.39 is 0 Å². The van der Waals surface area contributed by atoms with Crippen LogP contribution in [0.2, 0.25) is 0 Å². The fourth-order valence-corrected chi connectivity index (χ4v) is 5.03. The number of anilines is 1. The highest BCUT2D eigenvalue weighted by atomic mass is 79.9. The summed E-state index contributed by atoms with van der Waals surface area (Å²) in [5, 5.41) is 0.845. The van der Waals surface area contributed by atoms with Crippen molar-refractivity contribution >= 4 is 60.9 Å². The maximum Gasteiger partial charge on any atom is 0.231 e. The molecule has 0 saturated heterocycles. The van der Waals surface area contributed by atoms with Crippen LogP contribution >= 0.6 is 39.7 Å². The Morgan fingerprint density at radius 2 is 1.92 bits per heavy atom. The SMILES string of the molecule is CCN(CC)CCN(C(=O)C1CCCC1)c1nc2ccc(Br)cc2s1.Cl. The smallest absolute Gasteiger partial charge is 0.231 e. The average Bonchev–Trinajstić information content (AvgIpc) is 3.27. The summed E-state index contributed by atoms with van der Waals surface area (Å²) in [4.78, 5) is 22.2. The molecule has 4 nitrogen and oxygen atoms in total. The van der Waals surface area contributed by atoms with Crippen LogP contribution in [0, 0.1) is 5.92 Å². The molecule has 0 aliphatic heterocycles. The van der Waals surface area contributed by atoms with E-state index in [1.807, 2.05) is 17.0 Å². The first-order valence-corrected chi connectivity index (χ1v) is 10.8. The number of benzene rings is 1. The number of aromatic nitrogens is 1. The maximum absolute atomic E-state index is 13.1. The zero-order valence-electron chi connectivity index (χ0n) is 15.4. The molecule has 0 bridgehead atoms. The fourth-order valence-electron chi connectivity index (χ4n) is 3.48. The molecule has 0 atom stereocenters. The van der Waals surface area contributed by atoms with Crippen LogP contribution in [0.25, 0.3) is 10.2 Å². The number of amides is 1. The molecule has 1 aromatic carbocycles. The second-order valence-corrected chi connectivity index (χ2v) is 8.53. The van der Waals surface area contributed by atoms with E-state index in [0.717, 1.165) is 58.8 Å². The molecule has 0 radical (unpaired) electrons. The molecule has 144 valence electrons. The summed E-state index contributed by atoms with van der Waals surface area (Å²) in [6, 6.07) is 6.10. The molecule has 1 amide bonds. The lowest BCUT2D eigenvalue weighted by molar-refractivity contribution is -0.122. The summed E-state index contributed by atoms with van der Waals surface area (Å²) < 4.78 is 2.17. The van der Waals surface area contributed by atoms with Crippen molar-refractivity contribution in [3.05, 3.63) is 22.7 Å². The Kier molecular flexibility index (Phi) is 8.33. The largest absolute Gasteiger partial charge is 0.302 e. The van der Waals surface area contributed by atoms with Crippen LogP contribution in [0.3, 0.4) is 0 Å². The molecule has 1 aliphatic carbocycles. The first-order chi connectivity index (χ1) is 12.1. The predicted molar refractivity (Wildman–Crippen MR) is 117 cm³/mol. The van der Waals surface area contributed by atoms with Gasteiger partial charge < -0.3 is 4.90 Å². The second-order valence-electron chi connectivity index (χ2n) is 6.61. The summed E-state index contributed by atoms with van der Waals surface area (Å²) in [6.07, 6.45) is 4.40. The van der Waals surface area contributed by atoms with Crippen LogP contribution in [0.5, 0.6) is 0 Å². The Morgan fingerprint density at radius 3 is 2.58 bits per heavy atom. The normalized spacial score (nSPS) is 14.8. The molecule has 3 rings (SSSR count). The van der Waals surface area contributed by atoms with Crippen LogP contribution in [0.15, 0.2) is 22.7 Å². The van der Waals surface area contributed by atoms with Crippen molar-refractivity contribution < 1.29 is 4.79 Å². The van der Waals surface area contributed by atoms with Gasteiger partial charge in [-0.1, -0.05) is 54.0 Å². The second kappa shape index (κ2) is 10.0. The van der Waals surface area contributed by atoms with Crippen LogP contribution in [0.1, 0.15) is 39.5 Å². The van der Waals surface area contributed by atoms with Crippen molar-refractivity contribution in [1.29, 1.82) is 0 Å². The molecule has 7 heteroatoms. The van der Waals surface area contributed by atoms with Gasteiger partial charge in [-0.2, -0.15) is 0 Å². The van der Waals surface area contributed by atoms with Crippen LogP contribution in [-0.4, -0.2) is 42.0 Å². The van der Waals surface area contributed by atoms with Gasteiger partial charge in [0.15, 0.2) is 5.13 Å². The molecule has 0 spiro atoms. The molecule has 26 heavy (non-hydrogen) atoms. The number of carbonyl (C=O) groups is 1. The van der Waals surface area contributed by atoms with E-state index in [2.05, 4.69) is 40.7 Å². The Balaban J connectivity index is 0.00000243. The van der Waals surface area contributed by atoms with Crippen molar-refractivity contribution in [3.8, 4) is 0 Å². The van der Waals surface area contributed by atoms with Gasteiger partial charge >= 0.3 is 0 Å².